The fraction of sp³-hybridized carbons (Fsp3) is 0.478. The van der Waals surface area contributed by atoms with Gasteiger partial charge in [0.2, 0.25) is 5.91 Å². The lowest BCUT2D eigenvalue weighted by atomic mass is 10.2. The summed E-state index contributed by atoms with van der Waals surface area (Å²) in [6, 6.07) is 13.6. The van der Waals surface area contributed by atoms with Crippen LogP contribution in [-0.2, 0) is 24.9 Å². The summed E-state index contributed by atoms with van der Waals surface area (Å²) in [4.78, 5) is 29.2. The van der Waals surface area contributed by atoms with Gasteiger partial charge in [-0.2, -0.15) is 0 Å². The second kappa shape index (κ2) is 11.3. The summed E-state index contributed by atoms with van der Waals surface area (Å²) in [6.07, 6.45) is 2.78. The van der Waals surface area contributed by atoms with Gasteiger partial charge in [-0.25, -0.2) is 4.79 Å². The number of rotatable bonds is 10. The summed E-state index contributed by atoms with van der Waals surface area (Å²) in [5.74, 6) is 0.328. The molecule has 3 amide bonds. The van der Waals surface area contributed by atoms with Gasteiger partial charge < -0.3 is 19.7 Å². The molecule has 0 spiro atoms. The fourth-order valence-corrected chi connectivity index (χ4v) is 3.22. The minimum atomic E-state index is -0.201. The van der Waals surface area contributed by atoms with Crippen molar-refractivity contribution < 1.29 is 9.59 Å². The van der Waals surface area contributed by atoms with Gasteiger partial charge in [-0.05, 0) is 30.0 Å². The Hall–Kier alpha value is -2.76. The van der Waals surface area contributed by atoms with Crippen molar-refractivity contribution in [3.8, 4) is 0 Å². The Balaban J connectivity index is 2.01. The lowest BCUT2D eigenvalue weighted by molar-refractivity contribution is -0.133. The molecule has 6 heteroatoms. The molecule has 0 atom stereocenters. The number of aryl methyl sites for hydroxylation is 1. The number of urea groups is 1. The molecule has 0 aliphatic carbocycles. The molecule has 158 valence electrons. The van der Waals surface area contributed by atoms with Gasteiger partial charge >= 0.3 is 6.03 Å². The van der Waals surface area contributed by atoms with E-state index in [-0.39, 0.29) is 18.5 Å². The smallest absolute Gasteiger partial charge is 0.318 e. The monoisotopic (exact) mass is 398 g/mol. The van der Waals surface area contributed by atoms with Gasteiger partial charge in [0.1, 0.15) is 6.54 Å². The first-order valence-corrected chi connectivity index (χ1v) is 10.3. The molecule has 2 aromatic rings. The average molecular weight is 399 g/mol. The van der Waals surface area contributed by atoms with E-state index in [0.717, 1.165) is 17.7 Å². The molecule has 0 unspecified atom stereocenters. The van der Waals surface area contributed by atoms with E-state index in [1.165, 1.54) is 0 Å². The molecule has 1 heterocycles. The normalized spacial score (nSPS) is 10.8. The standard InChI is InChI=1S/C23H34N4O2/c1-5-13-26(23(29)24-15-20-10-7-6-8-11-20)18-22(28)27(16-19(2)3)17-21-12-9-14-25(21)4/h6-12,14,19H,5,13,15-18H2,1-4H3,(H,24,29). The topological polar surface area (TPSA) is 57.6 Å². The Bertz CT molecular complexity index is 770. The molecule has 0 aliphatic rings. The van der Waals surface area contributed by atoms with Gasteiger partial charge in [-0.15, -0.1) is 0 Å². The Morgan fingerprint density at radius 3 is 2.38 bits per heavy atom. The number of hydrogen-bond donors (Lipinski definition) is 1. The lowest BCUT2D eigenvalue weighted by Gasteiger charge is -2.29. The maximum atomic E-state index is 13.1. The Morgan fingerprint density at radius 1 is 1.07 bits per heavy atom. The van der Waals surface area contributed by atoms with E-state index >= 15 is 0 Å². The van der Waals surface area contributed by atoms with Crippen LogP contribution < -0.4 is 5.32 Å². The number of carbonyl (C=O) groups excluding carboxylic acids is 2. The van der Waals surface area contributed by atoms with Gasteiger partial charge in [0.15, 0.2) is 0 Å². The van der Waals surface area contributed by atoms with Gasteiger partial charge in [-0.1, -0.05) is 51.1 Å². The van der Waals surface area contributed by atoms with Gasteiger partial charge in [0, 0.05) is 38.6 Å². The maximum Gasteiger partial charge on any atom is 0.318 e. The molecule has 2 rings (SSSR count). The predicted octanol–water partition coefficient (Wildman–Crippen LogP) is 3.63. The zero-order valence-electron chi connectivity index (χ0n) is 18.1. The van der Waals surface area contributed by atoms with Crippen molar-refractivity contribution in [2.45, 2.75) is 40.3 Å². The van der Waals surface area contributed by atoms with E-state index in [0.29, 0.717) is 32.1 Å². The van der Waals surface area contributed by atoms with Crippen molar-refractivity contribution in [1.82, 2.24) is 19.7 Å². The Labute approximate surface area is 174 Å². The fourth-order valence-electron chi connectivity index (χ4n) is 3.22. The average Bonchev–Trinajstić information content (AvgIpc) is 3.10. The Morgan fingerprint density at radius 2 is 1.79 bits per heavy atom. The number of hydrogen-bond acceptors (Lipinski definition) is 2. The number of nitrogens with one attached hydrogen (secondary N) is 1. The summed E-state index contributed by atoms with van der Waals surface area (Å²) < 4.78 is 2.02. The third-order valence-corrected chi connectivity index (χ3v) is 4.74. The van der Waals surface area contributed by atoms with Gasteiger partial charge in [-0.3, -0.25) is 4.79 Å². The van der Waals surface area contributed by atoms with Crippen LogP contribution in [0.25, 0.3) is 0 Å². The molecule has 0 fully saturated rings. The van der Waals surface area contributed by atoms with Gasteiger partial charge in [0.25, 0.3) is 0 Å². The first kappa shape index (κ1) is 22.5. The van der Waals surface area contributed by atoms with Crippen molar-refractivity contribution in [2.75, 3.05) is 19.6 Å². The molecule has 1 aromatic carbocycles. The minimum Gasteiger partial charge on any atom is -0.353 e. The number of amides is 3. The summed E-state index contributed by atoms with van der Waals surface area (Å²) in [6.45, 7) is 8.51. The van der Waals surface area contributed by atoms with Crippen LogP contribution in [0.15, 0.2) is 48.7 Å². The van der Waals surface area contributed by atoms with E-state index in [2.05, 4.69) is 19.2 Å². The third-order valence-electron chi connectivity index (χ3n) is 4.74. The molecular weight excluding hydrogens is 364 g/mol. The van der Waals surface area contributed by atoms with Crippen LogP contribution >= 0.6 is 0 Å². The van der Waals surface area contributed by atoms with E-state index < -0.39 is 0 Å². The molecular formula is C23H34N4O2. The second-order valence-corrected chi connectivity index (χ2v) is 7.84. The summed E-state index contributed by atoms with van der Waals surface area (Å²) in [5, 5.41) is 2.94. The van der Waals surface area contributed by atoms with Crippen molar-refractivity contribution in [2.24, 2.45) is 13.0 Å². The van der Waals surface area contributed by atoms with E-state index in [1.54, 1.807) is 4.90 Å². The summed E-state index contributed by atoms with van der Waals surface area (Å²) >= 11 is 0. The van der Waals surface area contributed by atoms with Crippen molar-refractivity contribution in [3.05, 3.63) is 59.9 Å². The van der Waals surface area contributed by atoms with Crippen LogP contribution in [0.1, 0.15) is 38.4 Å². The zero-order chi connectivity index (χ0) is 21.2. The van der Waals surface area contributed by atoms with Crippen LogP contribution in [0.4, 0.5) is 4.79 Å². The minimum absolute atomic E-state index is 0.0248. The quantitative estimate of drug-likeness (QED) is 0.664. The van der Waals surface area contributed by atoms with Crippen LogP contribution in [0.3, 0.4) is 0 Å². The van der Waals surface area contributed by atoms with E-state index in [9.17, 15) is 9.59 Å². The molecule has 1 aromatic heterocycles. The molecule has 1 N–H and O–H groups in total. The molecule has 29 heavy (non-hydrogen) atoms. The van der Waals surface area contributed by atoms with Crippen molar-refractivity contribution in [1.29, 1.82) is 0 Å². The number of nitrogens with zero attached hydrogens (tertiary/aromatic N) is 3. The van der Waals surface area contributed by atoms with Crippen LogP contribution in [0.5, 0.6) is 0 Å². The molecule has 0 saturated carbocycles. The zero-order valence-corrected chi connectivity index (χ0v) is 18.1. The van der Waals surface area contributed by atoms with Crippen molar-refractivity contribution >= 4 is 11.9 Å². The number of aromatic nitrogens is 1. The lowest BCUT2D eigenvalue weighted by Crippen LogP contribution is -2.47. The predicted molar refractivity (Wildman–Crippen MR) is 116 cm³/mol. The highest BCUT2D eigenvalue weighted by molar-refractivity contribution is 5.84. The first-order chi connectivity index (χ1) is 13.9. The number of carbonyl (C=O) groups is 2. The molecule has 0 aliphatic heterocycles. The highest BCUT2D eigenvalue weighted by Crippen LogP contribution is 2.10. The van der Waals surface area contributed by atoms with Crippen LogP contribution in [0, 0.1) is 5.92 Å². The SMILES string of the molecule is CCCN(CC(=O)N(Cc1cccn1C)CC(C)C)C(=O)NCc1ccccc1. The highest BCUT2D eigenvalue weighted by Gasteiger charge is 2.22. The Kier molecular flexibility index (Phi) is 8.77. The summed E-state index contributed by atoms with van der Waals surface area (Å²) in [5.41, 5.74) is 2.11. The largest absolute Gasteiger partial charge is 0.353 e. The van der Waals surface area contributed by atoms with Crippen LogP contribution in [0.2, 0.25) is 0 Å². The molecule has 0 saturated heterocycles. The second-order valence-electron chi connectivity index (χ2n) is 7.84. The number of benzene rings is 1. The highest BCUT2D eigenvalue weighted by atomic mass is 16.2. The molecule has 0 bridgehead atoms. The first-order valence-electron chi connectivity index (χ1n) is 10.3. The molecule has 0 radical (unpaired) electrons. The van der Waals surface area contributed by atoms with E-state index in [4.69, 9.17) is 0 Å². The van der Waals surface area contributed by atoms with Gasteiger partial charge in [0.05, 0.1) is 6.54 Å². The maximum absolute atomic E-state index is 13.1. The van der Waals surface area contributed by atoms with Crippen LogP contribution in [-0.4, -0.2) is 45.9 Å². The van der Waals surface area contributed by atoms with E-state index in [1.807, 2.05) is 72.1 Å². The van der Waals surface area contributed by atoms with Crippen molar-refractivity contribution in [3.63, 3.8) is 0 Å². The molecule has 6 nitrogen and oxygen atoms in total. The summed E-state index contributed by atoms with van der Waals surface area (Å²) in [7, 11) is 1.98. The third kappa shape index (κ3) is 7.29.